The monoisotopic (exact) mass is 222 g/mol. The Morgan fingerprint density at radius 3 is 2.33 bits per heavy atom. The lowest BCUT2D eigenvalue weighted by Gasteiger charge is -2.05. The topological polar surface area (TPSA) is 82.2 Å². The molecule has 0 saturated carbocycles. The third kappa shape index (κ3) is 2.73. The van der Waals surface area contributed by atoms with Crippen molar-refractivity contribution < 1.29 is 27.9 Å². The fourth-order valence-electron chi connectivity index (χ4n) is 0.786. The lowest BCUT2D eigenvalue weighted by atomic mass is 10.4. The molecule has 3 N–H and O–H groups in total. The van der Waals surface area contributed by atoms with Crippen molar-refractivity contribution in [1.82, 2.24) is 4.98 Å². The van der Waals surface area contributed by atoms with Crippen LogP contribution in [0.15, 0.2) is 12.1 Å². The molecule has 1 aromatic heterocycles. The third-order valence-electron chi connectivity index (χ3n) is 1.42. The number of alkyl halides is 3. The molecule has 1 amide bonds. The number of carboxylic acids is 1. The highest BCUT2D eigenvalue weighted by atomic mass is 19.4. The fraction of sp³-hybridized carbons (Fsp3) is 0.143. The zero-order chi connectivity index (χ0) is 11.6. The van der Waals surface area contributed by atoms with E-state index in [-0.39, 0.29) is 11.5 Å². The van der Waals surface area contributed by atoms with Gasteiger partial charge in [0, 0.05) is 0 Å². The van der Waals surface area contributed by atoms with Gasteiger partial charge in [0.15, 0.2) is 0 Å². The number of carbonyl (C=O) groups excluding carboxylic acids is 1. The standard InChI is InChI=1S/C7H5F3N2O3/c8-7(9,10)6(15)12-4-2-1-3(11-4)5(13)14/h1-2,11H,(H,12,15)(H,13,14). The highest BCUT2D eigenvalue weighted by Gasteiger charge is 2.38. The summed E-state index contributed by atoms with van der Waals surface area (Å²) in [6.07, 6.45) is -5.01. The molecule has 1 aromatic rings. The van der Waals surface area contributed by atoms with Crippen LogP contribution >= 0.6 is 0 Å². The molecule has 0 aliphatic carbocycles. The molecule has 0 atom stereocenters. The van der Waals surface area contributed by atoms with Crippen LogP contribution in [-0.2, 0) is 4.79 Å². The van der Waals surface area contributed by atoms with Crippen molar-refractivity contribution in [2.24, 2.45) is 0 Å². The number of rotatable bonds is 2. The van der Waals surface area contributed by atoms with Crippen molar-refractivity contribution >= 4 is 17.7 Å². The molecular formula is C7H5F3N2O3. The number of amides is 1. The van der Waals surface area contributed by atoms with Gasteiger partial charge in [0.05, 0.1) is 0 Å². The van der Waals surface area contributed by atoms with Crippen LogP contribution < -0.4 is 5.32 Å². The summed E-state index contributed by atoms with van der Waals surface area (Å²) in [6, 6.07) is 2.06. The van der Waals surface area contributed by atoms with Crippen molar-refractivity contribution in [3.8, 4) is 0 Å². The van der Waals surface area contributed by atoms with Crippen LogP contribution in [0, 0.1) is 0 Å². The first kappa shape index (κ1) is 11.1. The number of halogens is 3. The number of H-pyrrole nitrogens is 1. The fourth-order valence-corrected chi connectivity index (χ4v) is 0.786. The number of hydrogen-bond donors (Lipinski definition) is 3. The molecule has 15 heavy (non-hydrogen) atoms. The number of carbonyl (C=O) groups is 2. The van der Waals surface area contributed by atoms with Crippen molar-refractivity contribution in [3.63, 3.8) is 0 Å². The van der Waals surface area contributed by atoms with Crippen molar-refractivity contribution in [3.05, 3.63) is 17.8 Å². The zero-order valence-corrected chi connectivity index (χ0v) is 7.05. The van der Waals surface area contributed by atoms with E-state index in [1.54, 1.807) is 0 Å². The first-order valence-electron chi connectivity index (χ1n) is 3.61. The summed E-state index contributed by atoms with van der Waals surface area (Å²) in [5.41, 5.74) is -0.313. The number of nitrogens with one attached hydrogen (secondary N) is 2. The summed E-state index contributed by atoms with van der Waals surface area (Å²) in [6.45, 7) is 0. The Bertz CT molecular complexity index is 396. The SMILES string of the molecule is O=C(O)c1ccc(NC(=O)C(F)(F)F)[nH]1. The minimum Gasteiger partial charge on any atom is -0.477 e. The number of aromatic nitrogens is 1. The third-order valence-corrected chi connectivity index (χ3v) is 1.42. The van der Waals surface area contributed by atoms with Gasteiger partial charge in [-0.1, -0.05) is 0 Å². The number of carboxylic acid groups (broad SMARTS) is 1. The van der Waals surface area contributed by atoms with E-state index in [9.17, 15) is 22.8 Å². The molecule has 1 heterocycles. The molecule has 82 valence electrons. The maximum atomic E-state index is 11.8. The summed E-state index contributed by atoms with van der Waals surface area (Å²) in [4.78, 5) is 22.8. The average molecular weight is 222 g/mol. The van der Waals surface area contributed by atoms with E-state index >= 15 is 0 Å². The van der Waals surface area contributed by atoms with Gasteiger partial charge in [0.2, 0.25) is 0 Å². The molecule has 0 aliphatic rings. The highest BCUT2D eigenvalue weighted by Crippen LogP contribution is 2.17. The largest absolute Gasteiger partial charge is 0.477 e. The molecule has 0 unspecified atom stereocenters. The van der Waals surface area contributed by atoms with Gasteiger partial charge in [-0.25, -0.2) is 4.79 Å². The van der Waals surface area contributed by atoms with E-state index in [1.807, 2.05) is 0 Å². The minimum atomic E-state index is -5.01. The molecule has 8 heteroatoms. The van der Waals surface area contributed by atoms with Crippen LogP contribution in [0.3, 0.4) is 0 Å². The minimum absolute atomic E-state index is 0.313. The molecule has 0 aliphatic heterocycles. The van der Waals surface area contributed by atoms with Crippen LogP contribution in [0.1, 0.15) is 10.5 Å². The first-order chi connectivity index (χ1) is 6.80. The smallest absolute Gasteiger partial charge is 0.471 e. The maximum Gasteiger partial charge on any atom is 0.471 e. The molecule has 0 fully saturated rings. The second-order valence-corrected chi connectivity index (χ2v) is 2.54. The number of anilines is 1. The van der Waals surface area contributed by atoms with E-state index in [2.05, 4.69) is 4.98 Å². The lowest BCUT2D eigenvalue weighted by molar-refractivity contribution is -0.167. The van der Waals surface area contributed by atoms with Gasteiger partial charge in [0.25, 0.3) is 0 Å². The van der Waals surface area contributed by atoms with Crippen molar-refractivity contribution in [1.29, 1.82) is 0 Å². The normalized spacial score (nSPS) is 11.1. The number of hydrogen-bond acceptors (Lipinski definition) is 2. The Kier molecular flexibility index (Phi) is 2.69. The van der Waals surface area contributed by atoms with Gasteiger partial charge in [-0.15, -0.1) is 0 Å². The maximum absolute atomic E-state index is 11.8. The Morgan fingerprint density at radius 2 is 1.93 bits per heavy atom. The summed E-state index contributed by atoms with van der Waals surface area (Å²) in [5, 5.41) is 9.90. The summed E-state index contributed by atoms with van der Waals surface area (Å²) < 4.78 is 35.3. The average Bonchev–Trinajstić information content (AvgIpc) is 2.50. The predicted octanol–water partition coefficient (Wildman–Crippen LogP) is 1.21. The van der Waals surface area contributed by atoms with Gasteiger partial charge < -0.3 is 15.4 Å². The zero-order valence-electron chi connectivity index (χ0n) is 7.05. The Labute approximate surface area is 80.9 Å². The molecule has 0 saturated heterocycles. The Hall–Kier alpha value is -1.99. The number of aromatic amines is 1. The van der Waals surface area contributed by atoms with Crippen molar-refractivity contribution in [2.75, 3.05) is 5.32 Å². The van der Waals surface area contributed by atoms with E-state index in [1.165, 1.54) is 5.32 Å². The summed E-state index contributed by atoms with van der Waals surface area (Å²) >= 11 is 0. The first-order valence-corrected chi connectivity index (χ1v) is 3.61. The second-order valence-electron chi connectivity index (χ2n) is 2.54. The molecule has 0 aromatic carbocycles. The molecule has 0 bridgehead atoms. The Morgan fingerprint density at radius 1 is 1.33 bits per heavy atom. The summed E-state index contributed by atoms with van der Waals surface area (Å²) in [7, 11) is 0. The Balaban J connectivity index is 2.74. The van der Waals surface area contributed by atoms with Gasteiger partial charge >= 0.3 is 18.1 Å². The van der Waals surface area contributed by atoms with Gasteiger partial charge in [-0.05, 0) is 12.1 Å². The van der Waals surface area contributed by atoms with Crippen LogP contribution in [0.25, 0.3) is 0 Å². The van der Waals surface area contributed by atoms with Gasteiger partial charge in [-0.3, -0.25) is 4.79 Å². The van der Waals surface area contributed by atoms with Crippen LogP contribution in [0.2, 0.25) is 0 Å². The van der Waals surface area contributed by atoms with Gasteiger partial charge in [-0.2, -0.15) is 13.2 Å². The van der Waals surface area contributed by atoms with Crippen LogP contribution in [0.4, 0.5) is 19.0 Å². The van der Waals surface area contributed by atoms with Gasteiger partial charge in [0.1, 0.15) is 11.5 Å². The molecular weight excluding hydrogens is 217 g/mol. The van der Waals surface area contributed by atoms with E-state index in [0.29, 0.717) is 0 Å². The van der Waals surface area contributed by atoms with Crippen molar-refractivity contribution in [2.45, 2.75) is 6.18 Å². The predicted molar refractivity (Wildman–Crippen MR) is 42.4 cm³/mol. The second kappa shape index (κ2) is 3.64. The van der Waals surface area contributed by atoms with Crippen LogP contribution in [0.5, 0.6) is 0 Å². The molecule has 5 nitrogen and oxygen atoms in total. The van der Waals surface area contributed by atoms with E-state index in [0.717, 1.165) is 12.1 Å². The number of aromatic carboxylic acids is 1. The molecule has 0 spiro atoms. The van der Waals surface area contributed by atoms with E-state index < -0.39 is 18.1 Å². The molecule has 0 radical (unpaired) electrons. The lowest BCUT2D eigenvalue weighted by Crippen LogP contribution is -2.30. The summed E-state index contributed by atoms with van der Waals surface area (Å²) in [5.74, 6) is -3.82. The quantitative estimate of drug-likeness (QED) is 0.703. The van der Waals surface area contributed by atoms with Crippen LogP contribution in [-0.4, -0.2) is 28.1 Å². The molecule has 1 rings (SSSR count). The highest BCUT2D eigenvalue weighted by molar-refractivity contribution is 5.95. The van der Waals surface area contributed by atoms with E-state index in [4.69, 9.17) is 5.11 Å².